The average molecular weight is 297 g/mol. The number of nitrogens with one attached hydrogen (secondary N) is 2. The van der Waals surface area contributed by atoms with Gasteiger partial charge in [-0.1, -0.05) is 5.16 Å². The second kappa shape index (κ2) is 5.22. The number of hydrogen-bond acceptors (Lipinski definition) is 5. The van der Waals surface area contributed by atoms with Crippen LogP contribution in [-0.2, 0) is 10.0 Å². The summed E-state index contributed by atoms with van der Waals surface area (Å²) in [4.78, 5) is 13.3. The first-order valence-electron chi connectivity index (χ1n) is 5.95. The highest BCUT2D eigenvalue weighted by molar-refractivity contribution is 7.89. The predicted molar refractivity (Wildman–Crippen MR) is 71.8 cm³/mol. The molecule has 2 rings (SSSR count). The minimum absolute atomic E-state index is 0.00397. The molecular formula is C12H15N3O4S. The summed E-state index contributed by atoms with van der Waals surface area (Å²) in [6.45, 7) is 5.17. The molecule has 108 valence electrons. The van der Waals surface area contributed by atoms with Gasteiger partial charge in [-0.05, 0) is 26.8 Å². The Kier molecular flexibility index (Phi) is 3.78. The van der Waals surface area contributed by atoms with Crippen LogP contribution in [0.25, 0.3) is 0 Å². The van der Waals surface area contributed by atoms with E-state index in [4.69, 9.17) is 4.52 Å². The van der Waals surface area contributed by atoms with Crippen molar-refractivity contribution in [3.8, 4) is 0 Å². The lowest BCUT2D eigenvalue weighted by atomic mass is 10.1. The average Bonchev–Trinajstić information content (AvgIpc) is 2.69. The van der Waals surface area contributed by atoms with Gasteiger partial charge in [0.1, 0.15) is 5.76 Å². The Morgan fingerprint density at radius 1 is 1.35 bits per heavy atom. The third kappa shape index (κ3) is 2.81. The third-order valence-electron chi connectivity index (χ3n) is 2.92. The molecule has 0 aliphatic rings. The number of nitrogens with zero attached hydrogens (tertiary/aromatic N) is 1. The molecule has 0 aliphatic carbocycles. The summed E-state index contributed by atoms with van der Waals surface area (Å²) in [6, 6.07) is 1.93. The Bertz CT molecular complexity index is 736. The van der Waals surface area contributed by atoms with E-state index >= 15 is 0 Å². The van der Waals surface area contributed by atoms with Crippen molar-refractivity contribution in [2.24, 2.45) is 0 Å². The molecule has 0 aromatic carbocycles. The van der Waals surface area contributed by atoms with Crippen LogP contribution in [0.2, 0.25) is 0 Å². The standard InChI is InChI=1S/C12H15N3O4S/c1-7-12(9(3)19-14-7)8(2)15-20(17,18)10-4-5-11(16)13-6-10/h4-6,8,15H,1-3H3,(H,13,16). The quantitative estimate of drug-likeness (QED) is 0.876. The van der Waals surface area contributed by atoms with Gasteiger partial charge in [-0.15, -0.1) is 0 Å². The van der Waals surface area contributed by atoms with E-state index in [1.807, 2.05) is 0 Å². The van der Waals surface area contributed by atoms with Gasteiger partial charge in [0, 0.05) is 23.9 Å². The second-order valence-corrected chi connectivity index (χ2v) is 6.18. The van der Waals surface area contributed by atoms with Crippen molar-refractivity contribution < 1.29 is 12.9 Å². The van der Waals surface area contributed by atoms with E-state index in [9.17, 15) is 13.2 Å². The van der Waals surface area contributed by atoms with Gasteiger partial charge in [0.05, 0.1) is 10.6 Å². The molecule has 7 nitrogen and oxygen atoms in total. The highest BCUT2D eigenvalue weighted by Crippen LogP contribution is 2.22. The summed E-state index contributed by atoms with van der Waals surface area (Å²) in [6.07, 6.45) is 1.16. The molecule has 0 fully saturated rings. The lowest BCUT2D eigenvalue weighted by Gasteiger charge is -2.13. The number of aromatic nitrogens is 2. The Morgan fingerprint density at radius 2 is 2.05 bits per heavy atom. The summed E-state index contributed by atoms with van der Waals surface area (Å²) in [5.74, 6) is 0.569. The summed E-state index contributed by atoms with van der Waals surface area (Å²) in [5, 5.41) is 3.79. The van der Waals surface area contributed by atoms with Crippen molar-refractivity contribution >= 4 is 10.0 Å². The van der Waals surface area contributed by atoms with E-state index in [0.717, 1.165) is 12.3 Å². The van der Waals surface area contributed by atoms with Crippen molar-refractivity contribution in [2.45, 2.75) is 31.7 Å². The molecule has 2 aromatic heterocycles. The van der Waals surface area contributed by atoms with E-state index in [1.165, 1.54) is 6.07 Å². The topological polar surface area (TPSA) is 105 Å². The Labute approximate surface area is 116 Å². The van der Waals surface area contributed by atoms with Gasteiger partial charge in [0.15, 0.2) is 0 Å². The van der Waals surface area contributed by atoms with Gasteiger partial charge in [-0.2, -0.15) is 0 Å². The first-order chi connectivity index (χ1) is 9.31. The summed E-state index contributed by atoms with van der Waals surface area (Å²) >= 11 is 0. The lowest BCUT2D eigenvalue weighted by molar-refractivity contribution is 0.391. The van der Waals surface area contributed by atoms with Gasteiger partial charge >= 0.3 is 0 Å². The van der Waals surface area contributed by atoms with Gasteiger partial charge in [0.2, 0.25) is 15.6 Å². The van der Waals surface area contributed by atoms with Crippen LogP contribution in [0.3, 0.4) is 0 Å². The fraction of sp³-hybridized carbons (Fsp3) is 0.333. The number of hydrogen-bond donors (Lipinski definition) is 2. The minimum Gasteiger partial charge on any atom is -0.361 e. The van der Waals surface area contributed by atoms with E-state index in [1.54, 1.807) is 20.8 Å². The maximum Gasteiger partial charge on any atom is 0.247 e. The molecule has 0 amide bonds. The zero-order valence-electron chi connectivity index (χ0n) is 11.3. The number of aromatic amines is 1. The molecular weight excluding hydrogens is 282 g/mol. The van der Waals surface area contributed by atoms with Crippen molar-refractivity contribution in [3.05, 3.63) is 45.7 Å². The summed E-state index contributed by atoms with van der Waals surface area (Å²) < 4.78 is 31.9. The van der Waals surface area contributed by atoms with Gasteiger partial charge < -0.3 is 9.51 Å². The number of sulfonamides is 1. The Balaban J connectivity index is 2.29. The van der Waals surface area contributed by atoms with Crippen LogP contribution in [-0.4, -0.2) is 18.6 Å². The lowest BCUT2D eigenvalue weighted by Crippen LogP contribution is -2.28. The molecule has 2 aromatic rings. The van der Waals surface area contributed by atoms with Crippen LogP contribution in [0.4, 0.5) is 0 Å². The molecule has 0 radical (unpaired) electrons. The zero-order valence-corrected chi connectivity index (χ0v) is 12.1. The van der Waals surface area contributed by atoms with E-state index in [0.29, 0.717) is 17.0 Å². The number of aryl methyl sites for hydroxylation is 2. The Morgan fingerprint density at radius 3 is 2.55 bits per heavy atom. The fourth-order valence-corrected chi connectivity index (χ4v) is 3.21. The number of rotatable bonds is 4. The third-order valence-corrected chi connectivity index (χ3v) is 4.46. The van der Waals surface area contributed by atoms with E-state index in [-0.39, 0.29) is 10.5 Å². The molecule has 0 saturated heterocycles. The maximum absolute atomic E-state index is 12.2. The van der Waals surface area contributed by atoms with Crippen LogP contribution < -0.4 is 10.3 Å². The van der Waals surface area contributed by atoms with Crippen molar-refractivity contribution in [3.63, 3.8) is 0 Å². The Hall–Kier alpha value is -1.93. The molecule has 20 heavy (non-hydrogen) atoms. The van der Waals surface area contributed by atoms with Gasteiger partial charge in [-0.25, -0.2) is 13.1 Å². The molecule has 0 aliphatic heterocycles. The highest BCUT2D eigenvalue weighted by Gasteiger charge is 2.23. The molecule has 2 heterocycles. The largest absolute Gasteiger partial charge is 0.361 e. The van der Waals surface area contributed by atoms with Crippen LogP contribution in [0.15, 0.2) is 32.5 Å². The first-order valence-corrected chi connectivity index (χ1v) is 7.43. The van der Waals surface area contributed by atoms with Crippen LogP contribution in [0, 0.1) is 13.8 Å². The SMILES string of the molecule is Cc1noc(C)c1C(C)NS(=O)(=O)c1ccc(=O)[nH]c1. The van der Waals surface area contributed by atoms with Crippen molar-refractivity contribution in [1.29, 1.82) is 0 Å². The molecule has 1 unspecified atom stereocenters. The molecule has 0 saturated carbocycles. The first kappa shape index (κ1) is 14.5. The van der Waals surface area contributed by atoms with E-state index < -0.39 is 16.1 Å². The number of H-pyrrole nitrogens is 1. The van der Waals surface area contributed by atoms with Crippen LogP contribution in [0.1, 0.15) is 30.0 Å². The van der Waals surface area contributed by atoms with Crippen LogP contribution >= 0.6 is 0 Å². The monoisotopic (exact) mass is 297 g/mol. The smallest absolute Gasteiger partial charge is 0.247 e. The maximum atomic E-state index is 12.2. The van der Waals surface area contributed by atoms with Crippen LogP contribution in [0.5, 0.6) is 0 Å². The molecule has 2 N–H and O–H groups in total. The molecule has 0 bridgehead atoms. The van der Waals surface area contributed by atoms with Gasteiger partial charge in [-0.3, -0.25) is 4.79 Å². The normalized spacial score (nSPS) is 13.3. The van der Waals surface area contributed by atoms with Crippen molar-refractivity contribution in [1.82, 2.24) is 14.9 Å². The molecule has 0 spiro atoms. The summed E-state index contributed by atoms with van der Waals surface area (Å²) in [7, 11) is -3.73. The minimum atomic E-state index is -3.73. The van der Waals surface area contributed by atoms with Gasteiger partial charge in [0.25, 0.3) is 0 Å². The number of pyridine rings is 1. The van der Waals surface area contributed by atoms with Crippen molar-refractivity contribution in [2.75, 3.05) is 0 Å². The van der Waals surface area contributed by atoms with E-state index in [2.05, 4.69) is 14.9 Å². The fourth-order valence-electron chi connectivity index (χ4n) is 2.03. The summed E-state index contributed by atoms with van der Waals surface area (Å²) in [5.41, 5.74) is 0.986. The molecule has 8 heteroatoms. The highest BCUT2D eigenvalue weighted by atomic mass is 32.2. The molecule has 1 atom stereocenters. The second-order valence-electron chi connectivity index (χ2n) is 4.47. The zero-order chi connectivity index (χ0) is 14.9. The predicted octanol–water partition coefficient (Wildman–Crippen LogP) is 1.02.